The third kappa shape index (κ3) is 3.48. The van der Waals surface area contributed by atoms with Crippen LogP contribution in [0.15, 0.2) is 95.4 Å². The van der Waals surface area contributed by atoms with Gasteiger partial charge in [-0.05, 0) is 24.3 Å². The number of hydrazone groups is 1. The topological polar surface area (TPSA) is 15.6 Å². The lowest BCUT2D eigenvalue weighted by Gasteiger charge is -2.27. The van der Waals surface area contributed by atoms with Gasteiger partial charge in [0.2, 0.25) is 0 Å². The first-order valence-corrected chi connectivity index (χ1v) is 9.19. The maximum Gasteiger partial charge on any atom is 0.129 e. The van der Waals surface area contributed by atoms with Crippen molar-refractivity contribution >= 4 is 39.8 Å². The van der Waals surface area contributed by atoms with E-state index in [1.54, 1.807) is 11.8 Å². The molecule has 1 heterocycles. The lowest BCUT2D eigenvalue weighted by molar-refractivity contribution is 1.10. The van der Waals surface area contributed by atoms with E-state index in [0.29, 0.717) is 0 Å². The smallest absolute Gasteiger partial charge is 0.129 e. The quantitative estimate of drug-likeness (QED) is 0.547. The molecule has 1 aliphatic heterocycles. The average Bonchev–Trinajstić information content (AvgIpc) is 2.70. The first-order valence-electron chi connectivity index (χ1n) is 7.93. The molecule has 4 rings (SSSR count). The molecule has 0 aliphatic carbocycles. The Morgan fingerprint density at radius 1 is 0.720 bits per heavy atom. The second-order valence-electron chi connectivity index (χ2n) is 5.55. The van der Waals surface area contributed by atoms with Crippen LogP contribution in [0.25, 0.3) is 5.70 Å². The first-order chi connectivity index (χ1) is 12.3. The van der Waals surface area contributed by atoms with Crippen molar-refractivity contribution in [2.24, 2.45) is 5.10 Å². The molecule has 25 heavy (non-hydrogen) atoms. The number of thioether (sulfide) groups is 1. The number of nitrogens with zero attached hydrogens (tertiary/aromatic N) is 2. The summed E-state index contributed by atoms with van der Waals surface area (Å²) in [7, 11) is 0. The second kappa shape index (κ2) is 7.18. The predicted octanol–water partition coefficient (Wildman–Crippen LogP) is 6.25. The maximum absolute atomic E-state index is 6.04. The van der Waals surface area contributed by atoms with E-state index in [9.17, 15) is 0 Å². The molecular formula is C21H15ClN2S. The Morgan fingerprint density at radius 2 is 1.36 bits per heavy atom. The maximum atomic E-state index is 6.04. The molecule has 0 amide bonds. The van der Waals surface area contributed by atoms with Gasteiger partial charge in [-0.2, -0.15) is 5.10 Å². The van der Waals surface area contributed by atoms with Gasteiger partial charge in [-0.1, -0.05) is 84.0 Å². The van der Waals surface area contributed by atoms with E-state index in [1.807, 2.05) is 65.7 Å². The molecule has 1 aliphatic rings. The van der Waals surface area contributed by atoms with Gasteiger partial charge >= 0.3 is 0 Å². The van der Waals surface area contributed by atoms with Gasteiger partial charge in [-0.25, -0.2) is 5.01 Å². The largest absolute Gasteiger partial charge is 0.232 e. The molecule has 0 spiro atoms. The molecule has 0 N–H and O–H groups in total. The minimum atomic E-state index is 0.729. The van der Waals surface area contributed by atoms with E-state index in [0.717, 1.165) is 32.6 Å². The Bertz CT molecular complexity index is 919. The highest BCUT2D eigenvalue weighted by molar-refractivity contribution is 8.17. The van der Waals surface area contributed by atoms with E-state index in [4.69, 9.17) is 16.7 Å². The Kier molecular flexibility index (Phi) is 4.59. The third-order valence-electron chi connectivity index (χ3n) is 3.86. The van der Waals surface area contributed by atoms with E-state index in [2.05, 4.69) is 29.7 Å². The lowest BCUT2D eigenvalue weighted by atomic mass is 10.1. The van der Waals surface area contributed by atoms with Crippen LogP contribution in [-0.4, -0.2) is 5.04 Å². The number of para-hydroxylation sites is 1. The summed E-state index contributed by atoms with van der Waals surface area (Å²) in [4.78, 5) is 0. The van der Waals surface area contributed by atoms with Gasteiger partial charge in [0.1, 0.15) is 5.04 Å². The van der Waals surface area contributed by atoms with Crippen molar-refractivity contribution in [3.05, 3.63) is 106 Å². The van der Waals surface area contributed by atoms with Crippen LogP contribution in [0.4, 0.5) is 5.69 Å². The Balaban J connectivity index is 1.77. The molecule has 0 saturated carbocycles. The number of anilines is 1. The lowest BCUT2D eigenvalue weighted by Crippen LogP contribution is -2.20. The van der Waals surface area contributed by atoms with E-state index < -0.39 is 0 Å². The highest BCUT2D eigenvalue weighted by Gasteiger charge is 2.20. The van der Waals surface area contributed by atoms with Gasteiger partial charge < -0.3 is 0 Å². The fourth-order valence-corrected chi connectivity index (χ4v) is 3.60. The Labute approximate surface area is 156 Å². The van der Waals surface area contributed by atoms with Crippen LogP contribution in [0.3, 0.4) is 0 Å². The van der Waals surface area contributed by atoms with Gasteiger partial charge in [0.15, 0.2) is 0 Å². The minimum absolute atomic E-state index is 0.729. The molecular weight excluding hydrogens is 348 g/mol. The summed E-state index contributed by atoms with van der Waals surface area (Å²) in [5.41, 5.74) is 4.25. The van der Waals surface area contributed by atoms with Gasteiger partial charge in [0.05, 0.1) is 11.4 Å². The summed E-state index contributed by atoms with van der Waals surface area (Å²) < 4.78 is 0. The van der Waals surface area contributed by atoms with E-state index in [-0.39, 0.29) is 0 Å². The van der Waals surface area contributed by atoms with Crippen molar-refractivity contribution < 1.29 is 0 Å². The zero-order chi connectivity index (χ0) is 17.1. The second-order valence-corrected chi connectivity index (χ2v) is 6.84. The number of benzene rings is 3. The molecule has 2 nitrogen and oxygen atoms in total. The molecule has 3 aromatic rings. The zero-order valence-electron chi connectivity index (χ0n) is 13.3. The summed E-state index contributed by atoms with van der Waals surface area (Å²) in [6.07, 6.45) is 0. The van der Waals surface area contributed by atoms with Gasteiger partial charge in [-0.3, -0.25) is 0 Å². The highest BCUT2D eigenvalue weighted by atomic mass is 35.5. The van der Waals surface area contributed by atoms with Crippen LogP contribution < -0.4 is 5.01 Å². The SMILES string of the molecule is Clc1ccc(C2=CSC(c3ccccc3)=NN2c2ccccc2)cc1. The van der Waals surface area contributed by atoms with Gasteiger partial charge in [0, 0.05) is 21.6 Å². The standard InChI is InChI=1S/C21H15ClN2S/c22-18-13-11-16(12-14-18)20-15-25-21(17-7-3-1-4-8-17)23-24(20)19-9-5-2-6-10-19/h1-15H. The molecule has 0 bridgehead atoms. The molecule has 0 atom stereocenters. The zero-order valence-corrected chi connectivity index (χ0v) is 14.9. The first kappa shape index (κ1) is 16.0. The van der Waals surface area contributed by atoms with Crippen molar-refractivity contribution in [2.45, 2.75) is 0 Å². The average molecular weight is 363 g/mol. The van der Waals surface area contributed by atoms with Crippen molar-refractivity contribution in [3.63, 3.8) is 0 Å². The molecule has 0 aromatic heterocycles. The van der Waals surface area contributed by atoms with Crippen molar-refractivity contribution in [3.8, 4) is 0 Å². The van der Waals surface area contributed by atoms with Gasteiger partial charge in [-0.15, -0.1) is 0 Å². The number of rotatable bonds is 3. The fraction of sp³-hybridized carbons (Fsp3) is 0. The molecule has 0 saturated heterocycles. The Morgan fingerprint density at radius 3 is 2.04 bits per heavy atom. The van der Waals surface area contributed by atoms with Crippen molar-refractivity contribution in [2.75, 3.05) is 5.01 Å². The highest BCUT2D eigenvalue weighted by Crippen LogP contribution is 2.35. The predicted molar refractivity (Wildman–Crippen MR) is 109 cm³/mol. The van der Waals surface area contributed by atoms with Crippen LogP contribution in [0, 0.1) is 0 Å². The summed E-state index contributed by atoms with van der Waals surface area (Å²) in [5.74, 6) is 0. The number of hydrogen-bond donors (Lipinski definition) is 0. The van der Waals surface area contributed by atoms with E-state index in [1.165, 1.54) is 0 Å². The minimum Gasteiger partial charge on any atom is -0.232 e. The normalized spacial score (nSPS) is 14.0. The molecule has 0 fully saturated rings. The van der Waals surface area contributed by atoms with Crippen LogP contribution >= 0.6 is 23.4 Å². The van der Waals surface area contributed by atoms with Crippen LogP contribution in [0.2, 0.25) is 5.02 Å². The van der Waals surface area contributed by atoms with E-state index >= 15 is 0 Å². The number of hydrogen-bond acceptors (Lipinski definition) is 3. The fourth-order valence-electron chi connectivity index (χ4n) is 2.61. The summed E-state index contributed by atoms with van der Waals surface area (Å²) in [6.45, 7) is 0. The van der Waals surface area contributed by atoms with Crippen LogP contribution in [0.1, 0.15) is 11.1 Å². The molecule has 0 unspecified atom stereocenters. The summed E-state index contributed by atoms with van der Waals surface area (Å²) in [6, 6.07) is 28.3. The summed E-state index contributed by atoms with van der Waals surface area (Å²) >= 11 is 7.68. The monoisotopic (exact) mass is 362 g/mol. The third-order valence-corrected chi connectivity index (χ3v) is 5.00. The number of halogens is 1. The molecule has 0 radical (unpaired) electrons. The summed E-state index contributed by atoms with van der Waals surface area (Å²) in [5, 5.41) is 10.8. The van der Waals surface area contributed by atoms with Crippen LogP contribution in [-0.2, 0) is 0 Å². The molecule has 4 heteroatoms. The molecule has 3 aromatic carbocycles. The van der Waals surface area contributed by atoms with Crippen molar-refractivity contribution in [1.82, 2.24) is 0 Å². The van der Waals surface area contributed by atoms with Crippen molar-refractivity contribution in [1.29, 1.82) is 0 Å². The van der Waals surface area contributed by atoms with Gasteiger partial charge in [0.25, 0.3) is 0 Å². The van der Waals surface area contributed by atoms with Crippen LogP contribution in [0.5, 0.6) is 0 Å². The molecule has 122 valence electrons. The Hall–Kier alpha value is -2.49.